The highest BCUT2D eigenvalue weighted by Crippen LogP contribution is 2.32. The first-order valence-corrected chi connectivity index (χ1v) is 9.98. The summed E-state index contributed by atoms with van der Waals surface area (Å²) < 4.78 is 5.42. The first-order valence-electron chi connectivity index (χ1n) is 7.94. The van der Waals surface area contributed by atoms with E-state index in [1.165, 1.54) is 11.8 Å². The Morgan fingerprint density at radius 3 is 3.08 bits per heavy atom. The Kier molecular flexibility index (Phi) is 4.54. The molecule has 128 valence electrons. The van der Waals surface area contributed by atoms with Gasteiger partial charge in [0.2, 0.25) is 11.7 Å². The van der Waals surface area contributed by atoms with Gasteiger partial charge in [-0.1, -0.05) is 5.16 Å². The minimum absolute atomic E-state index is 0.151. The van der Waals surface area contributed by atoms with Gasteiger partial charge in [-0.3, -0.25) is 4.79 Å². The zero-order chi connectivity index (χ0) is 17.2. The second-order valence-corrected chi connectivity index (χ2v) is 7.70. The molecule has 0 atom stereocenters. The molecule has 1 amide bonds. The summed E-state index contributed by atoms with van der Waals surface area (Å²) in [6.07, 6.45) is 5.73. The second-order valence-electron chi connectivity index (χ2n) is 5.74. The van der Waals surface area contributed by atoms with Crippen LogP contribution in [-0.4, -0.2) is 27.3 Å². The fraction of sp³-hybridized carbons (Fsp3) is 0.294. The van der Waals surface area contributed by atoms with Gasteiger partial charge in [0.15, 0.2) is 0 Å². The topological polar surface area (TPSA) is 80.9 Å². The lowest BCUT2D eigenvalue weighted by atomic mass is 10.3. The van der Waals surface area contributed by atoms with Crippen molar-refractivity contribution in [3.63, 3.8) is 0 Å². The summed E-state index contributed by atoms with van der Waals surface area (Å²) in [7, 11) is 0. The van der Waals surface area contributed by atoms with Crippen molar-refractivity contribution < 1.29 is 9.32 Å². The van der Waals surface area contributed by atoms with Crippen molar-refractivity contribution >= 4 is 29.0 Å². The van der Waals surface area contributed by atoms with Crippen LogP contribution in [0, 0.1) is 5.92 Å². The summed E-state index contributed by atoms with van der Waals surface area (Å²) in [5.41, 5.74) is 0.835. The number of nitrogens with zero attached hydrogens (tertiary/aromatic N) is 3. The normalized spacial score (nSPS) is 13.8. The van der Waals surface area contributed by atoms with Gasteiger partial charge in [0, 0.05) is 17.0 Å². The quantitative estimate of drug-likeness (QED) is 0.666. The number of thiophene rings is 1. The monoisotopic (exact) mass is 372 g/mol. The Morgan fingerprint density at radius 2 is 2.28 bits per heavy atom. The van der Waals surface area contributed by atoms with Crippen LogP contribution < -0.4 is 5.32 Å². The van der Waals surface area contributed by atoms with E-state index in [1.807, 2.05) is 30.5 Å². The molecule has 1 N–H and O–H groups in total. The van der Waals surface area contributed by atoms with Gasteiger partial charge in [0.1, 0.15) is 5.03 Å². The fourth-order valence-electron chi connectivity index (χ4n) is 2.41. The first-order chi connectivity index (χ1) is 12.2. The van der Waals surface area contributed by atoms with Crippen LogP contribution >= 0.6 is 23.1 Å². The Labute approximate surface area is 153 Å². The highest BCUT2D eigenvalue weighted by molar-refractivity contribution is 7.98. The third-order valence-corrected chi connectivity index (χ3v) is 5.68. The number of amides is 1. The summed E-state index contributed by atoms with van der Waals surface area (Å²) >= 11 is 3.10. The van der Waals surface area contributed by atoms with E-state index in [0.29, 0.717) is 18.3 Å². The number of pyridine rings is 1. The zero-order valence-electron chi connectivity index (χ0n) is 13.6. The maximum Gasteiger partial charge on any atom is 0.261 e. The van der Waals surface area contributed by atoms with Crippen LogP contribution in [0.5, 0.6) is 0 Å². The first kappa shape index (κ1) is 16.3. The molecular weight excluding hydrogens is 356 g/mol. The average Bonchev–Trinajstić information content (AvgIpc) is 3.19. The number of carbonyl (C=O) groups excluding carboxylic acids is 1. The van der Waals surface area contributed by atoms with Crippen LogP contribution in [0.15, 0.2) is 40.0 Å². The van der Waals surface area contributed by atoms with Crippen molar-refractivity contribution in [1.29, 1.82) is 0 Å². The molecule has 0 aliphatic heterocycles. The van der Waals surface area contributed by atoms with Crippen LogP contribution in [0.1, 0.15) is 17.7 Å². The Morgan fingerprint density at radius 1 is 1.40 bits per heavy atom. The summed E-state index contributed by atoms with van der Waals surface area (Å²) in [6, 6.07) is 7.71. The summed E-state index contributed by atoms with van der Waals surface area (Å²) in [6.45, 7) is 0.546. The molecule has 0 aromatic carbocycles. The number of hydrogen-bond donors (Lipinski definition) is 1. The van der Waals surface area contributed by atoms with Crippen LogP contribution in [0.2, 0.25) is 0 Å². The van der Waals surface area contributed by atoms with E-state index in [2.05, 4.69) is 20.4 Å². The van der Waals surface area contributed by atoms with Crippen molar-refractivity contribution in [2.24, 2.45) is 5.92 Å². The minimum Gasteiger partial charge on any atom is -0.351 e. The molecule has 8 heteroatoms. The van der Waals surface area contributed by atoms with Gasteiger partial charge in [-0.05, 0) is 43.4 Å². The molecule has 4 rings (SSSR count). The van der Waals surface area contributed by atoms with Crippen LogP contribution in [0.4, 0.5) is 0 Å². The highest BCUT2D eigenvalue weighted by Gasteiger charge is 2.29. The molecule has 3 aromatic rings. The second kappa shape index (κ2) is 6.97. The van der Waals surface area contributed by atoms with Gasteiger partial charge in [-0.15, -0.1) is 23.1 Å². The molecule has 25 heavy (non-hydrogen) atoms. The fourth-order valence-corrected chi connectivity index (χ4v) is 3.82. The molecule has 6 nitrogen and oxygen atoms in total. The van der Waals surface area contributed by atoms with E-state index in [1.54, 1.807) is 17.5 Å². The van der Waals surface area contributed by atoms with E-state index in [0.717, 1.165) is 33.2 Å². The third kappa shape index (κ3) is 3.59. The van der Waals surface area contributed by atoms with E-state index >= 15 is 0 Å². The predicted molar refractivity (Wildman–Crippen MR) is 97.2 cm³/mol. The Bertz CT molecular complexity index is 901. The maximum atomic E-state index is 11.7. The number of nitrogens with one attached hydrogen (secondary N) is 1. The molecule has 0 saturated heterocycles. The van der Waals surface area contributed by atoms with Gasteiger partial charge >= 0.3 is 0 Å². The molecule has 1 saturated carbocycles. The lowest BCUT2D eigenvalue weighted by molar-refractivity contribution is -0.122. The average molecular weight is 372 g/mol. The van der Waals surface area contributed by atoms with E-state index in [4.69, 9.17) is 4.52 Å². The molecule has 1 aliphatic carbocycles. The van der Waals surface area contributed by atoms with Gasteiger partial charge in [0.25, 0.3) is 5.89 Å². The standard InChI is InChI=1S/C17H16N4O2S2/c1-24-17-12(3-2-8-18-17)16-20-14(21-23-16)13-7-6-11(25-13)9-19-15(22)10-4-5-10/h2-3,6-8,10H,4-5,9H2,1H3,(H,19,22). The maximum absolute atomic E-state index is 11.7. The lowest BCUT2D eigenvalue weighted by Crippen LogP contribution is -2.23. The Hall–Kier alpha value is -2.19. The van der Waals surface area contributed by atoms with Gasteiger partial charge in [-0.25, -0.2) is 4.98 Å². The molecule has 0 bridgehead atoms. The predicted octanol–water partition coefficient (Wildman–Crippen LogP) is 3.61. The number of hydrogen-bond acceptors (Lipinski definition) is 7. The third-order valence-electron chi connectivity index (χ3n) is 3.89. The molecule has 3 aromatic heterocycles. The van der Waals surface area contributed by atoms with Gasteiger partial charge in [-0.2, -0.15) is 4.98 Å². The highest BCUT2D eigenvalue weighted by atomic mass is 32.2. The van der Waals surface area contributed by atoms with Crippen LogP contribution in [-0.2, 0) is 11.3 Å². The van der Waals surface area contributed by atoms with Crippen molar-refractivity contribution in [1.82, 2.24) is 20.4 Å². The van der Waals surface area contributed by atoms with Crippen molar-refractivity contribution in [2.75, 3.05) is 6.26 Å². The van der Waals surface area contributed by atoms with Crippen molar-refractivity contribution in [3.05, 3.63) is 35.3 Å². The summed E-state index contributed by atoms with van der Waals surface area (Å²) in [5, 5.41) is 7.91. The number of thioether (sulfide) groups is 1. The molecule has 0 unspecified atom stereocenters. The number of aromatic nitrogens is 3. The van der Waals surface area contributed by atoms with Gasteiger partial charge < -0.3 is 9.84 Å². The Balaban J connectivity index is 1.49. The van der Waals surface area contributed by atoms with E-state index in [9.17, 15) is 4.79 Å². The molecule has 3 heterocycles. The molecule has 0 spiro atoms. The zero-order valence-corrected chi connectivity index (χ0v) is 15.2. The van der Waals surface area contributed by atoms with Crippen LogP contribution in [0.3, 0.4) is 0 Å². The van der Waals surface area contributed by atoms with Crippen LogP contribution in [0.25, 0.3) is 22.2 Å². The van der Waals surface area contributed by atoms with Gasteiger partial charge in [0.05, 0.1) is 17.0 Å². The largest absolute Gasteiger partial charge is 0.351 e. The molecule has 0 radical (unpaired) electrons. The van der Waals surface area contributed by atoms with Crippen molar-refractivity contribution in [2.45, 2.75) is 24.4 Å². The smallest absolute Gasteiger partial charge is 0.261 e. The van der Waals surface area contributed by atoms with E-state index in [-0.39, 0.29) is 11.8 Å². The molecular formula is C17H16N4O2S2. The summed E-state index contributed by atoms with van der Waals surface area (Å²) in [5.74, 6) is 1.39. The molecule has 1 fully saturated rings. The SMILES string of the molecule is CSc1ncccc1-c1nc(-c2ccc(CNC(=O)C3CC3)s2)no1. The molecule has 1 aliphatic rings. The number of rotatable bonds is 6. The summed E-state index contributed by atoms with van der Waals surface area (Å²) in [4.78, 5) is 22.5. The number of carbonyl (C=O) groups is 1. The van der Waals surface area contributed by atoms with E-state index < -0.39 is 0 Å². The minimum atomic E-state index is 0.151. The lowest BCUT2D eigenvalue weighted by Gasteiger charge is -2.00. The van der Waals surface area contributed by atoms with Crippen molar-refractivity contribution in [3.8, 4) is 22.2 Å².